The summed E-state index contributed by atoms with van der Waals surface area (Å²) in [6, 6.07) is 6.27. The van der Waals surface area contributed by atoms with Crippen molar-refractivity contribution >= 4 is 29.9 Å². The molecule has 0 unspecified atom stereocenters. The van der Waals surface area contributed by atoms with Crippen LogP contribution in [0.4, 0.5) is 0 Å². The zero-order chi connectivity index (χ0) is 17.9. The first-order valence-corrected chi connectivity index (χ1v) is 9.14. The molecular weight excluding hydrogens is 441 g/mol. The summed E-state index contributed by atoms with van der Waals surface area (Å²) < 4.78 is 10.8. The Labute approximate surface area is 174 Å². The van der Waals surface area contributed by atoms with E-state index in [9.17, 15) is 0 Å². The Balaban J connectivity index is 0.00000338. The average Bonchev–Trinajstić information content (AvgIpc) is 2.63. The number of nitrogens with zero attached hydrogens (tertiary/aromatic N) is 1. The van der Waals surface area contributed by atoms with E-state index in [1.807, 2.05) is 6.07 Å². The molecule has 0 aliphatic carbocycles. The SMILES string of the molecule is CCNC(=NCCc1cc(C)ccc1OC)NCCC1=CCOCC1.I. The highest BCUT2D eigenvalue weighted by atomic mass is 127. The van der Waals surface area contributed by atoms with Crippen molar-refractivity contribution in [2.75, 3.05) is 40.0 Å². The van der Waals surface area contributed by atoms with Crippen molar-refractivity contribution in [2.24, 2.45) is 4.99 Å². The second-order valence-corrected chi connectivity index (χ2v) is 6.19. The molecule has 0 radical (unpaired) electrons. The van der Waals surface area contributed by atoms with E-state index in [1.165, 1.54) is 16.7 Å². The van der Waals surface area contributed by atoms with Crippen molar-refractivity contribution in [1.29, 1.82) is 0 Å². The smallest absolute Gasteiger partial charge is 0.191 e. The second-order valence-electron chi connectivity index (χ2n) is 6.19. The first-order valence-electron chi connectivity index (χ1n) is 9.14. The molecule has 0 saturated carbocycles. The van der Waals surface area contributed by atoms with E-state index in [1.54, 1.807) is 7.11 Å². The van der Waals surface area contributed by atoms with E-state index in [0.717, 1.165) is 63.8 Å². The van der Waals surface area contributed by atoms with E-state index in [2.05, 4.69) is 42.7 Å². The van der Waals surface area contributed by atoms with Crippen LogP contribution in [0.15, 0.2) is 34.8 Å². The fraction of sp³-hybridized carbons (Fsp3) is 0.550. The standard InChI is InChI=1S/C20H31N3O2.HI/c1-4-21-20(22-11-7-17-9-13-25-14-10-17)23-12-8-18-15-16(2)5-6-19(18)24-3;/h5-6,9,15H,4,7-8,10-14H2,1-3H3,(H2,21,22,23);1H. The molecule has 1 aliphatic heterocycles. The van der Waals surface area contributed by atoms with E-state index in [0.29, 0.717) is 0 Å². The van der Waals surface area contributed by atoms with Gasteiger partial charge in [-0.15, -0.1) is 24.0 Å². The molecule has 0 aromatic heterocycles. The van der Waals surface area contributed by atoms with Crippen molar-refractivity contribution in [1.82, 2.24) is 10.6 Å². The van der Waals surface area contributed by atoms with Gasteiger partial charge in [0.25, 0.3) is 0 Å². The number of aliphatic imine (C=N–C) groups is 1. The lowest BCUT2D eigenvalue weighted by Gasteiger charge is -2.15. The maximum atomic E-state index is 5.44. The first kappa shape index (κ1) is 22.8. The zero-order valence-electron chi connectivity index (χ0n) is 16.1. The van der Waals surface area contributed by atoms with Gasteiger partial charge in [-0.1, -0.05) is 29.3 Å². The molecule has 5 nitrogen and oxygen atoms in total. The van der Waals surface area contributed by atoms with Gasteiger partial charge in [-0.3, -0.25) is 4.99 Å². The number of rotatable bonds is 8. The molecule has 2 rings (SSSR count). The van der Waals surface area contributed by atoms with Crippen molar-refractivity contribution in [2.45, 2.75) is 33.1 Å². The Bertz CT molecular complexity index is 603. The van der Waals surface area contributed by atoms with Gasteiger partial charge < -0.3 is 20.1 Å². The number of nitrogens with one attached hydrogen (secondary N) is 2. The predicted molar refractivity (Wildman–Crippen MR) is 119 cm³/mol. The lowest BCUT2D eigenvalue weighted by molar-refractivity contribution is 0.153. The molecule has 1 aromatic carbocycles. The molecule has 146 valence electrons. The maximum absolute atomic E-state index is 5.44. The quantitative estimate of drug-likeness (QED) is 0.263. The highest BCUT2D eigenvalue weighted by Gasteiger charge is 2.05. The highest BCUT2D eigenvalue weighted by molar-refractivity contribution is 14.0. The van der Waals surface area contributed by atoms with Gasteiger partial charge in [0.2, 0.25) is 0 Å². The number of benzene rings is 1. The average molecular weight is 473 g/mol. The third kappa shape index (κ3) is 7.95. The molecule has 0 fully saturated rings. The Morgan fingerprint density at radius 2 is 2.12 bits per heavy atom. The number of halogens is 1. The fourth-order valence-electron chi connectivity index (χ4n) is 2.87. The minimum absolute atomic E-state index is 0. The predicted octanol–water partition coefficient (Wildman–Crippen LogP) is 3.46. The van der Waals surface area contributed by atoms with Gasteiger partial charge in [0.05, 0.1) is 20.3 Å². The Kier molecular flexibility index (Phi) is 11.4. The topological polar surface area (TPSA) is 54.9 Å². The highest BCUT2D eigenvalue weighted by Crippen LogP contribution is 2.20. The van der Waals surface area contributed by atoms with Gasteiger partial charge in [-0.05, 0) is 44.7 Å². The summed E-state index contributed by atoms with van der Waals surface area (Å²) in [5.41, 5.74) is 3.92. The van der Waals surface area contributed by atoms with E-state index in [-0.39, 0.29) is 24.0 Å². The van der Waals surface area contributed by atoms with Crippen molar-refractivity contribution in [3.63, 3.8) is 0 Å². The van der Waals surface area contributed by atoms with Crippen molar-refractivity contribution in [3.05, 3.63) is 41.0 Å². The minimum Gasteiger partial charge on any atom is -0.496 e. The number of aryl methyl sites for hydroxylation is 1. The van der Waals surface area contributed by atoms with E-state index >= 15 is 0 Å². The van der Waals surface area contributed by atoms with Crippen LogP contribution in [0.1, 0.15) is 30.9 Å². The summed E-state index contributed by atoms with van der Waals surface area (Å²) >= 11 is 0. The molecule has 0 bridgehead atoms. The molecule has 1 aromatic rings. The second kappa shape index (κ2) is 13.0. The van der Waals surface area contributed by atoms with Crippen molar-refractivity contribution < 1.29 is 9.47 Å². The third-order valence-electron chi connectivity index (χ3n) is 4.23. The number of hydrogen-bond acceptors (Lipinski definition) is 3. The molecule has 1 aliphatic rings. The summed E-state index contributed by atoms with van der Waals surface area (Å²) in [4.78, 5) is 4.69. The molecule has 1 heterocycles. The number of methoxy groups -OCH3 is 1. The van der Waals surface area contributed by atoms with Gasteiger partial charge in [0.15, 0.2) is 5.96 Å². The Hall–Kier alpha value is -1.28. The van der Waals surface area contributed by atoms with E-state index < -0.39 is 0 Å². The lowest BCUT2D eigenvalue weighted by atomic mass is 10.1. The van der Waals surface area contributed by atoms with Gasteiger partial charge in [0.1, 0.15) is 5.75 Å². The Morgan fingerprint density at radius 3 is 2.81 bits per heavy atom. The largest absolute Gasteiger partial charge is 0.496 e. The van der Waals surface area contributed by atoms with Gasteiger partial charge in [-0.2, -0.15) is 0 Å². The Morgan fingerprint density at radius 1 is 1.27 bits per heavy atom. The molecule has 6 heteroatoms. The molecule has 26 heavy (non-hydrogen) atoms. The summed E-state index contributed by atoms with van der Waals surface area (Å²) in [7, 11) is 1.72. The van der Waals surface area contributed by atoms with Crippen LogP contribution in [0.25, 0.3) is 0 Å². The minimum atomic E-state index is 0. The van der Waals surface area contributed by atoms with Crippen LogP contribution in [-0.2, 0) is 11.2 Å². The van der Waals surface area contributed by atoms with Gasteiger partial charge in [0, 0.05) is 19.6 Å². The van der Waals surface area contributed by atoms with E-state index in [4.69, 9.17) is 14.5 Å². The fourth-order valence-corrected chi connectivity index (χ4v) is 2.87. The number of hydrogen-bond donors (Lipinski definition) is 2. The summed E-state index contributed by atoms with van der Waals surface area (Å²) in [5.74, 6) is 1.81. The molecule has 0 spiro atoms. The number of guanidine groups is 1. The first-order chi connectivity index (χ1) is 12.2. The summed E-state index contributed by atoms with van der Waals surface area (Å²) in [6.07, 6.45) is 5.14. The molecule has 0 amide bonds. The van der Waals surface area contributed by atoms with Gasteiger partial charge >= 0.3 is 0 Å². The summed E-state index contributed by atoms with van der Waals surface area (Å²) in [6.45, 7) is 8.26. The van der Waals surface area contributed by atoms with Crippen LogP contribution in [-0.4, -0.2) is 45.9 Å². The van der Waals surface area contributed by atoms with Crippen LogP contribution in [0, 0.1) is 6.92 Å². The van der Waals surface area contributed by atoms with Crippen molar-refractivity contribution in [3.8, 4) is 5.75 Å². The molecule has 0 saturated heterocycles. The van der Waals surface area contributed by atoms with Gasteiger partial charge in [-0.25, -0.2) is 0 Å². The molecule has 0 atom stereocenters. The van der Waals surface area contributed by atoms with Crippen LogP contribution in [0.5, 0.6) is 5.75 Å². The maximum Gasteiger partial charge on any atom is 0.191 e. The summed E-state index contributed by atoms with van der Waals surface area (Å²) in [5, 5.41) is 6.73. The van der Waals surface area contributed by atoms with Crippen LogP contribution >= 0.6 is 24.0 Å². The lowest BCUT2D eigenvalue weighted by Crippen LogP contribution is -2.38. The van der Waals surface area contributed by atoms with Crippen LogP contribution < -0.4 is 15.4 Å². The van der Waals surface area contributed by atoms with Crippen LogP contribution in [0.2, 0.25) is 0 Å². The molecule has 2 N–H and O–H groups in total. The van der Waals surface area contributed by atoms with Crippen LogP contribution in [0.3, 0.4) is 0 Å². The number of ether oxygens (including phenoxy) is 2. The molecular formula is C20H32IN3O2. The normalized spacial score (nSPS) is 14.3. The monoisotopic (exact) mass is 473 g/mol. The third-order valence-corrected chi connectivity index (χ3v) is 4.23. The zero-order valence-corrected chi connectivity index (χ0v) is 18.5.